The first kappa shape index (κ1) is 6.47. The first-order valence-electron chi connectivity index (χ1n) is 6.30. The molecule has 6 nitrogen and oxygen atoms in total. The molecule has 16 heavy (non-hydrogen) atoms. The van der Waals surface area contributed by atoms with E-state index in [1.807, 2.05) is 11.9 Å². The second-order valence-electron chi connectivity index (χ2n) is 3.73. The van der Waals surface area contributed by atoms with E-state index in [4.69, 9.17) is 9.85 Å². The fourth-order valence-corrected chi connectivity index (χ4v) is 2.02. The molecule has 3 rings (SSSR count). The van der Waals surface area contributed by atoms with Crippen molar-refractivity contribution in [2.75, 3.05) is 17.7 Å². The monoisotopic (exact) mass is 219 g/mol. The van der Waals surface area contributed by atoms with Gasteiger partial charge in [0.05, 0.1) is 12.2 Å². The SMILES string of the molecule is [2H]C([2H])([2H])n1nc2c(n1)-c1ccnc(N)c1N(C)C2. The van der Waals surface area contributed by atoms with Crippen molar-refractivity contribution in [1.82, 2.24) is 20.0 Å². The summed E-state index contributed by atoms with van der Waals surface area (Å²) < 4.78 is 22.1. The number of aromatic nitrogens is 4. The summed E-state index contributed by atoms with van der Waals surface area (Å²) >= 11 is 0. The lowest BCUT2D eigenvalue weighted by Gasteiger charge is -2.26. The molecule has 0 spiro atoms. The summed E-state index contributed by atoms with van der Waals surface area (Å²) in [6, 6.07) is 1.76. The van der Waals surface area contributed by atoms with Crippen LogP contribution in [0.1, 0.15) is 9.81 Å². The third-order valence-electron chi connectivity index (χ3n) is 2.66. The standard InChI is InChI=1S/C10H12N6/c1-15-5-7-8(14-16(2)13-7)6-3-4-12-10(11)9(6)15/h3-4H,5H2,1-2H3,(H2,11,12)/i2D3. The summed E-state index contributed by atoms with van der Waals surface area (Å²) in [5.74, 6) is 0.397. The molecule has 1 aliphatic rings. The summed E-state index contributed by atoms with van der Waals surface area (Å²) in [4.78, 5) is 6.70. The van der Waals surface area contributed by atoms with E-state index in [1.54, 1.807) is 12.3 Å². The van der Waals surface area contributed by atoms with Crippen LogP contribution in [-0.2, 0) is 13.5 Å². The van der Waals surface area contributed by atoms with E-state index in [1.165, 1.54) is 0 Å². The van der Waals surface area contributed by atoms with Crippen LogP contribution >= 0.6 is 0 Å². The van der Waals surface area contributed by atoms with E-state index in [2.05, 4.69) is 15.2 Å². The number of nitrogens with two attached hydrogens (primary N) is 1. The molecule has 0 atom stereocenters. The van der Waals surface area contributed by atoms with E-state index in [9.17, 15) is 0 Å². The highest BCUT2D eigenvalue weighted by Gasteiger charge is 2.25. The number of hydrogen-bond donors (Lipinski definition) is 1. The summed E-state index contributed by atoms with van der Waals surface area (Å²) in [5, 5.41) is 8.11. The molecule has 3 heterocycles. The smallest absolute Gasteiger partial charge is 0.147 e. The van der Waals surface area contributed by atoms with Gasteiger partial charge in [-0.15, -0.1) is 0 Å². The Balaban J connectivity index is 2.22. The highest BCUT2D eigenvalue weighted by Crippen LogP contribution is 2.38. The Morgan fingerprint density at radius 3 is 3.19 bits per heavy atom. The van der Waals surface area contributed by atoms with Gasteiger partial charge in [-0.05, 0) is 6.07 Å². The Morgan fingerprint density at radius 1 is 1.50 bits per heavy atom. The van der Waals surface area contributed by atoms with E-state index < -0.39 is 6.98 Å². The lowest BCUT2D eigenvalue weighted by molar-refractivity contribution is 0.645. The molecule has 0 bridgehead atoms. The van der Waals surface area contributed by atoms with Gasteiger partial charge in [0.15, 0.2) is 0 Å². The second kappa shape index (κ2) is 2.94. The quantitative estimate of drug-likeness (QED) is 0.694. The van der Waals surface area contributed by atoms with Gasteiger partial charge in [-0.25, -0.2) is 4.98 Å². The van der Waals surface area contributed by atoms with E-state index >= 15 is 0 Å². The molecule has 1 aliphatic heterocycles. The minimum Gasteiger partial charge on any atom is -0.382 e. The molecule has 0 radical (unpaired) electrons. The molecule has 6 heteroatoms. The van der Waals surface area contributed by atoms with Crippen LogP contribution in [0.3, 0.4) is 0 Å². The molecule has 2 aromatic heterocycles. The Hall–Kier alpha value is -2.11. The van der Waals surface area contributed by atoms with Crippen molar-refractivity contribution < 1.29 is 4.11 Å². The lowest BCUT2D eigenvalue weighted by Crippen LogP contribution is -2.23. The minimum absolute atomic E-state index is 0.397. The van der Waals surface area contributed by atoms with Crippen molar-refractivity contribution in [3.63, 3.8) is 0 Å². The molecule has 0 saturated carbocycles. The van der Waals surface area contributed by atoms with Gasteiger partial charge in [-0.1, -0.05) is 0 Å². The second-order valence-corrected chi connectivity index (χ2v) is 3.73. The molecule has 0 unspecified atom stereocenters. The van der Waals surface area contributed by atoms with Gasteiger partial charge < -0.3 is 10.6 Å². The summed E-state index contributed by atoms with van der Waals surface area (Å²) in [7, 11) is 1.86. The van der Waals surface area contributed by atoms with Crippen LogP contribution < -0.4 is 10.6 Å². The van der Waals surface area contributed by atoms with E-state index in [-0.39, 0.29) is 0 Å². The van der Waals surface area contributed by atoms with Gasteiger partial charge in [0.1, 0.15) is 17.2 Å². The number of anilines is 2. The number of hydrogen-bond acceptors (Lipinski definition) is 5. The zero-order chi connectivity index (χ0) is 13.8. The normalized spacial score (nSPS) is 17.1. The Bertz CT molecular complexity index is 647. The maximum absolute atomic E-state index is 7.35. The van der Waals surface area contributed by atoms with Crippen molar-refractivity contribution in [1.29, 1.82) is 0 Å². The van der Waals surface area contributed by atoms with Crippen molar-refractivity contribution in [2.45, 2.75) is 6.54 Å². The first-order chi connectivity index (χ1) is 8.88. The van der Waals surface area contributed by atoms with Crippen LogP contribution in [-0.4, -0.2) is 27.0 Å². The van der Waals surface area contributed by atoms with Crippen LogP contribution in [0, 0.1) is 0 Å². The largest absolute Gasteiger partial charge is 0.382 e. The van der Waals surface area contributed by atoms with Gasteiger partial charge in [0, 0.05) is 29.9 Å². The zero-order valence-electron chi connectivity index (χ0n) is 11.7. The van der Waals surface area contributed by atoms with E-state index in [0.29, 0.717) is 23.8 Å². The Labute approximate surface area is 96.9 Å². The molecule has 2 N–H and O–H groups in total. The third kappa shape index (κ3) is 1.09. The Morgan fingerprint density at radius 2 is 2.38 bits per heavy atom. The number of aryl methyl sites for hydroxylation is 1. The van der Waals surface area contributed by atoms with E-state index in [0.717, 1.165) is 16.0 Å². The number of rotatable bonds is 0. The van der Waals surface area contributed by atoms with Crippen LogP contribution in [0.4, 0.5) is 11.5 Å². The molecule has 0 fully saturated rings. The van der Waals surface area contributed by atoms with Crippen LogP contribution in [0.5, 0.6) is 0 Å². The molecule has 0 aromatic carbocycles. The van der Waals surface area contributed by atoms with Crippen molar-refractivity contribution in [3.05, 3.63) is 18.0 Å². The average Bonchev–Trinajstić information content (AvgIpc) is 2.72. The van der Waals surface area contributed by atoms with Gasteiger partial charge in [0.2, 0.25) is 0 Å². The fraction of sp³-hybridized carbons (Fsp3) is 0.300. The zero-order valence-corrected chi connectivity index (χ0v) is 8.68. The molecule has 0 aliphatic carbocycles. The number of fused-ring (bicyclic) bond motifs is 3. The van der Waals surface area contributed by atoms with Crippen LogP contribution in [0.25, 0.3) is 11.3 Å². The number of pyridine rings is 1. The molecule has 0 amide bonds. The number of nitrogens with zero attached hydrogens (tertiary/aromatic N) is 5. The topological polar surface area (TPSA) is 72.9 Å². The summed E-state index contributed by atoms with van der Waals surface area (Å²) in [6.07, 6.45) is 1.57. The highest BCUT2D eigenvalue weighted by molar-refractivity contribution is 5.86. The fourth-order valence-electron chi connectivity index (χ4n) is 2.02. The average molecular weight is 219 g/mol. The van der Waals surface area contributed by atoms with Crippen molar-refractivity contribution in [2.24, 2.45) is 6.98 Å². The first-order valence-corrected chi connectivity index (χ1v) is 4.80. The third-order valence-corrected chi connectivity index (χ3v) is 2.66. The molecule has 82 valence electrons. The predicted octanol–water partition coefficient (Wildman–Crippen LogP) is 0.409. The summed E-state index contributed by atoms with van der Waals surface area (Å²) in [5.41, 5.74) is 8.55. The molecular weight excluding hydrogens is 204 g/mol. The maximum atomic E-state index is 7.35. The Kier molecular flexibility index (Phi) is 1.19. The van der Waals surface area contributed by atoms with Gasteiger partial charge in [0.25, 0.3) is 0 Å². The highest BCUT2D eigenvalue weighted by atomic mass is 15.5. The maximum Gasteiger partial charge on any atom is 0.147 e. The summed E-state index contributed by atoms with van der Waals surface area (Å²) in [6.45, 7) is -1.93. The molecular formula is C10H12N6. The predicted molar refractivity (Wildman–Crippen MR) is 60.8 cm³/mol. The lowest BCUT2D eigenvalue weighted by atomic mass is 10.0. The molecule has 0 saturated heterocycles. The van der Waals surface area contributed by atoms with Crippen LogP contribution in [0.2, 0.25) is 0 Å². The van der Waals surface area contributed by atoms with Gasteiger partial charge >= 0.3 is 0 Å². The van der Waals surface area contributed by atoms with Crippen molar-refractivity contribution >= 4 is 11.5 Å². The minimum atomic E-state index is -2.38. The number of nitrogen functional groups attached to an aromatic ring is 1. The van der Waals surface area contributed by atoms with Gasteiger partial charge in [-0.2, -0.15) is 15.0 Å². The van der Waals surface area contributed by atoms with Crippen LogP contribution in [0.15, 0.2) is 12.3 Å². The van der Waals surface area contributed by atoms with Crippen molar-refractivity contribution in [3.8, 4) is 11.3 Å². The molecule has 2 aromatic rings. The van der Waals surface area contributed by atoms with Gasteiger partial charge in [-0.3, -0.25) is 0 Å².